The third-order valence-electron chi connectivity index (χ3n) is 3.27. The Labute approximate surface area is 102 Å². The van der Waals surface area contributed by atoms with Crippen molar-refractivity contribution in [3.8, 4) is 5.75 Å². The first-order valence-corrected chi connectivity index (χ1v) is 6.15. The van der Waals surface area contributed by atoms with Crippen molar-refractivity contribution in [2.24, 2.45) is 5.73 Å². The fraction of sp³-hybridized carbons (Fsp3) is 0.538. The van der Waals surface area contributed by atoms with Gasteiger partial charge in [-0.2, -0.15) is 0 Å². The maximum atomic E-state index is 6.03. The van der Waals surface area contributed by atoms with Crippen LogP contribution in [0.2, 0.25) is 5.02 Å². The first-order chi connectivity index (χ1) is 7.57. The molecule has 0 bridgehead atoms. The van der Waals surface area contributed by atoms with Gasteiger partial charge in [-0.15, -0.1) is 0 Å². The maximum absolute atomic E-state index is 6.03. The van der Waals surface area contributed by atoms with Gasteiger partial charge in [0.25, 0.3) is 0 Å². The number of nitrogens with two attached hydrogens (primary N) is 1. The molecule has 0 saturated heterocycles. The highest BCUT2D eigenvalue weighted by molar-refractivity contribution is 6.30. The van der Waals surface area contributed by atoms with Crippen LogP contribution >= 0.6 is 11.6 Å². The van der Waals surface area contributed by atoms with Crippen molar-refractivity contribution in [3.05, 3.63) is 29.3 Å². The first-order valence-electron chi connectivity index (χ1n) is 5.78. The Kier molecular flexibility index (Phi) is 3.41. The molecule has 1 aromatic rings. The van der Waals surface area contributed by atoms with Crippen LogP contribution in [0.3, 0.4) is 0 Å². The molecule has 16 heavy (non-hydrogen) atoms. The van der Waals surface area contributed by atoms with E-state index in [1.54, 1.807) is 0 Å². The van der Waals surface area contributed by atoms with E-state index in [0.29, 0.717) is 6.04 Å². The van der Waals surface area contributed by atoms with Crippen LogP contribution in [-0.2, 0) is 0 Å². The molecule has 1 saturated carbocycles. The summed E-state index contributed by atoms with van der Waals surface area (Å²) in [5, 5.41) is 0.739. The number of rotatable bonds is 2. The van der Waals surface area contributed by atoms with Gasteiger partial charge in [0.2, 0.25) is 0 Å². The van der Waals surface area contributed by atoms with Crippen LogP contribution in [0.1, 0.15) is 32.6 Å². The molecule has 3 heteroatoms. The average Bonchev–Trinajstić information content (AvgIpc) is 2.27. The van der Waals surface area contributed by atoms with Crippen molar-refractivity contribution >= 4 is 11.6 Å². The molecule has 2 N–H and O–H groups in total. The average molecular weight is 240 g/mol. The lowest BCUT2D eigenvalue weighted by atomic mass is 9.84. The Morgan fingerprint density at radius 3 is 2.38 bits per heavy atom. The molecular formula is C13H18ClNO. The van der Waals surface area contributed by atoms with Crippen molar-refractivity contribution in [1.29, 1.82) is 0 Å². The summed E-state index contributed by atoms with van der Waals surface area (Å²) < 4.78 is 6.03. The second kappa shape index (κ2) is 4.64. The molecule has 88 valence electrons. The van der Waals surface area contributed by atoms with Crippen molar-refractivity contribution in [2.45, 2.75) is 44.2 Å². The molecule has 0 spiro atoms. The minimum Gasteiger partial charge on any atom is -0.488 e. The summed E-state index contributed by atoms with van der Waals surface area (Å²) in [5.74, 6) is 0.891. The fourth-order valence-corrected chi connectivity index (χ4v) is 2.27. The van der Waals surface area contributed by atoms with E-state index < -0.39 is 0 Å². The van der Waals surface area contributed by atoms with Crippen molar-refractivity contribution < 1.29 is 4.74 Å². The summed E-state index contributed by atoms with van der Waals surface area (Å²) in [6.45, 7) is 2.16. The zero-order valence-corrected chi connectivity index (χ0v) is 10.3. The largest absolute Gasteiger partial charge is 0.488 e. The zero-order chi connectivity index (χ0) is 11.6. The van der Waals surface area contributed by atoms with E-state index in [1.165, 1.54) is 0 Å². The molecule has 1 fully saturated rings. The van der Waals surface area contributed by atoms with Gasteiger partial charge in [0.15, 0.2) is 0 Å². The van der Waals surface area contributed by atoms with E-state index in [4.69, 9.17) is 22.1 Å². The number of benzene rings is 1. The molecule has 1 aliphatic carbocycles. The fourth-order valence-electron chi connectivity index (χ4n) is 2.14. The Bertz CT molecular complexity index is 341. The highest BCUT2D eigenvalue weighted by Crippen LogP contribution is 2.32. The van der Waals surface area contributed by atoms with Gasteiger partial charge in [0, 0.05) is 11.1 Å². The molecule has 0 unspecified atom stereocenters. The van der Waals surface area contributed by atoms with Gasteiger partial charge in [-0.05, 0) is 56.9 Å². The smallest absolute Gasteiger partial charge is 0.120 e. The summed E-state index contributed by atoms with van der Waals surface area (Å²) in [4.78, 5) is 0. The van der Waals surface area contributed by atoms with Crippen LogP contribution < -0.4 is 10.5 Å². The topological polar surface area (TPSA) is 35.2 Å². The van der Waals surface area contributed by atoms with Gasteiger partial charge in [-0.25, -0.2) is 0 Å². The third-order valence-corrected chi connectivity index (χ3v) is 3.52. The molecule has 2 nitrogen and oxygen atoms in total. The number of hydrogen-bond acceptors (Lipinski definition) is 2. The molecule has 2 rings (SSSR count). The predicted octanol–water partition coefficient (Wildman–Crippen LogP) is 3.38. The van der Waals surface area contributed by atoms with E-state index in [-0.39, 0.29) is 5.60 Å². The Morgan fingerprint density at radius 2 is 1.81 bits per heavy atom. The molecule has 0 aromatic heterocycles. The minimum atomic E-state index is -0.0658. The number of ether oxygens (including phenoxy) is 1. The standard InChI is InChI=1S/C13H18ClNO/c1-13(8-6-11(15)7-9-13)16-12-4-2-10(14)3-5-12/h2-5,11H,6-9,15H2,1H3. The Balaban J connectivity index is 2.00. The van der Waals surface area contributed by atoms with E-state index >= 15 is 0 Å². The molecule has 0 heterocycles. The molecular weight excluding hydrogens is 222 g/mol. The normalized spacial score (nSPS) is 30.1. The molecule has 1 aliphatic rings. The SMILES string of the molecule is CC1(Oc2ccc(Cl)cc2)CCC(N)CC1. The van der Waals surface area contributed by atoms with Gasteiger partial charge in [0.05, 0.1) is 0 Å². The highest BCUT2D eigenvalue weighted by atomic mass is 35.5. The Morgan fingerprint density at radius 1 is 1.25 bits per heavy atom. The van der Waals surface area contributed by atoms with Crippen LogP contribution in [0, 0.1) is 0 Å². The Hall–Kier alpha value is -0.730. The molecule has 0 aliphatic heterocycles. The van der Waals surface area contributed by atoms with Gasteiger partial charge in [-0.3, -0.25) is 0 Å². The van der Waals surface area contributed by atoms with Gasteiger partial charge < -0.3 is 10.5 Å². The summed E-state index contributed by atoms with van der Waals surface area (Å²) in [6.07, 6.45) is 4.14. The highest BCUT2D eigenvalue weighted by Gasteiger charge is 2.31. The maximum Gasteiger partial charge on any atom is 0.120 e. The minimum absolute atomic E-state index is 0.0658. The predicted molar refractivity (Wildman–Crippen MR) is 66.9 cm³/mol. The summed E-state index contributed by atoms with van der Waals surface area (Å²) in [7, 11) is 0. The summed E-state index contributed by atoms with van der Waals surface area (Å²) in [5.41, 5.74) is 5.83. The van der Waals surface area contributed by atoms with Crippen LogP contribution in [0.5, 0.6) is 5.75 Å². The molecule has 0 atom stereocenters. The van der Waals surface area contributed by atoms with Crippen LogP contribution in [0.4, 0.5) is 0 Å². The van der Waals surface area contributed by atoms with Crippen molar-refractivity contribution in [3.63, 3.8) is 0 Å². The van der Waals surface area contributed by atoms with E-state index in [9.17, 15) is 0 Å². The summed E-state index contributed by atoms with van der Waals surface area (Å²) >= 11 is 5.84. The zero-order valence-electron chi connectivity index (χ0n) is 9.58. The quantitative estimate of drug-likeness (QED) is 0.859. The number of halogens is 1. The second-order valence-electron chi connectivity index (χ2n) is 4.84. The lowest BCUT2D eigenvalue weighted by Gasteiger charge is -2.36. The van der Waals surface area contributed by atoms with Gasteiger partial charge >= 0.3 is 0 Å². The number of hydrogen-bond donors (Lipinski definition) is 1. The van der Waals surface area contributed by atoms with Crippen LogP contribution in [0.25, 0.3) is 0 Å². The molecule has 0 radical (unpaired) electrons. The van der Waals surface area contributed by atoms with Gasteiger partial charge in [0.1, 0.15) is 11.4 Å². The molecule has 1 aromatic carbocycles. The molecule has 0 amide bonds. The summed E-state index contributed by atoms with van der Waals surface area (Å²) in [6, 6.07) is 7.90. The van der Waals surface area contributed by atoms with Crippen LogP contribution in [0.15, 0.2) is 24.3 Å². The van der Waals surface area contributed by atoms with Crippen molar-refractivity contribution in [1.82, 2.24) is 0 Å². The first kappa shape index (κ1) is 11.7. The second-order valence-corrected chi connectivity index (χ2v) is 5.28. The van der Waals surface area contributed by atoms with Crippen LogP contribution in [-0.4, -0.2) is 11.6 Å². The lowest BCUT2D eigenvalue weighted by molar-refractivity contribution is 0.0435. The van der Waals surface area contributed by atoms with E-state index in [1.807, 2.05) is 24.3 Å². The van der Waals surface area contributed by atoms with E-state index in [2.05, 4.69) is 6.92 Å². The van der Waals surface area contributed by atoms with E-state index in [0.717, 1.165) is 36.5 Å². The van der Waals surface area contributed by atoms with Crippen molar-refractivity contribution in [2.75, 3.05) is 0 Å². The lowest BCUT2D eigenvalue weighted by Crippen LogP contribution is -2.40. The monoisotopic (exact) mass is 239 g/mol. The van der Waals surface area contributed by atoms with Gasteiger partial charge in [-0.1, -0.05) is 11.6 Å². The third kappa shape index (κ3) is 2.89.